The molecular weight excluding hydrogens is 262 g/mol. The standard InChI is InChI=1S/C13H21N3O2S/c1-19(17,18)16-9-7-15(8-10-16)11-13(14)12-5-3-2-4-6-12/h2-6,13H,7-11,14H2,1H3. The van der Waals surface area contributed by atoms with Gasteiger partial charge in [-0.2, -0.15) is 4.31 Å². The highest BCUT2D eigenvalue weighted by atomic mass is 32.2. The number of hydrogen-bond acceptors (Lipinski definition) is 4. The molecule has 0 amide bonds. The summed E-state index contributed by atoms with van der Waals surface area (Å²) in [6, 6.07) is 9.97. The van der Waals surface area contributed by atoms with Gasteiger partial charge in [-0.05, 0) is 5.56 Å². The molecule has 1 unspecified atom stereocenters. The SMILES string of the molecule is CS(=O)(=O)N1CCN(CC(N)c2ccccc2)CC1. The Labute approximate surface area is 115 Å². The van der Waals surface area contributed by atoms with Crippen molar-refractivity contribution in [1.29, 1.82) is 0 Å². The Kier molecular flexibility index (Phi) is 4.57. The molecule has 106 valence electrons. The van der Waals surface area contributed by atoms with Gasteiger partial charge in [0.15, 0.2) is 0 Å². The van der Waals surface area contributed by atoms with Gasteiger partial charge in [0.1, 0.15) is 0 Å². The first-order valence-corrected chi connectivity index (χ1v) is 8.29. The van der Waals surface area contributed by atoms with Crippen molar-refractivity contribution in [2.24, 2.45) is 5.73 Å². The molecule has 1 aromatic carbocycles. The van der Waals surface area contributed by atoms with Gasteiger partial charge in [-0.1, -0.05) is 30.3 Å². The fourth-order valence-electron chi connectivity index (χ4n) is 2.33. The van der Waals surface area contributed by atoms with Crippen molar-refractivity contribution in [3.05, 3.63) is 35.9 Å². The van der Waals surface area contributed by atoms with Crippen molar-refractivity contribution >= 4 is 10.0 Å². The normalized spacial score (nSPS) is 20.3. The van der Waals surface area contributed by atoms with E-state index in [4.69, 9.17) is 5.73 Å². The number of benzene rings is 1. The number of sulfonamides is 1. The molecule has 1 aliphatic heterocycles. The maximum absolute atomic E-state index is 11.4. The van der Waals surface area contributed by atoms with Crippen LogP contribution >= 0.6 is 0 Å². The van der Waals surface area contributed by atoms with Gasteiger partial charge < -0.3 is 5.73 Å². The molecule has 0 spiro atoms. The van der Waals surface area contributed by atoms with Gasteiger partial charge in [-0.25, -0.2) is 8.42 Å². The molecule has 0 aliphatic carbocycles. The van der Waals surface area contributed by atoms with E-state index in [0.29, 0.717) is 13.1 Å². The number of hydrogen-bond donors (Lipinski definition) is 1. The summed E-state index contributed by atoms with van der Waals surface area (Å²) in [5.74, 6) is 0. The Morgan fingerprint density at radius 3 is 2.26 bits per heavy atom. The molecule has 0 saturated carbocycles. The molecular formula is C13H21N3O2S. The maximum atomic E-state index is 11.4. The average molecular weight is 283 g/mol. The monoisotopic (exact) mass is 283 g/mol. The third-order valence-corrected chi connectivity index (χ3v) is 4.79. The molecule has 19 heavy (non-hydrogen) atoms. The minimum atomic E-state index is -3.05. The largest absolute Gasteiger partial charge is 0.323 e. The van der Waals surface area contributed by atoms with Crippen LogP contribution in [0.25, 0.3) is 0 Å². The maximum Gasteiger partial charge on any atom is 0.211 e. The fourth-order valence-corrected chi connectivity index (χ4v) is 3.15. The molecule has 1 aliphatic rings. The first-order chi connectivity index (χ1) is 8.97. The van der Waals surface area contributed by atoms with Crippen LogP contribution in [0, 0.1) is 0 Å². The number of nitrogens with zero attached hydrogens (tertiary/aromatic N) is 2. The molecule has 0 aromatic heterocycles. The van der Waals surface area contributed by atoms with Gasteiger partial charge in [0, 0.05) is 38.8 Å². The predicted octanol–water partition coefficient (Wildman–Crippen LogP) is 0.264. The highest BCUT2D eigenvalue weighted by Gasteiger charge is 2.24. The van der Waals surface area contributed by atoms with Gasteiger partial charge in [0.05, 0.1) is 6.26 Å². The second-order valence-electron chi connectivity index (χ2n) is 4.98. The third kappa shape index (κ3) is 4.01. The Bertz CT molecular complexity index is 496. The van der Waals surface area contributed by atoms with E-state index in [1.165, 1.54) is 10.6 Å². The van der Waals surface area contributed by atoms with Crippen molar-refractivity contribution < 1.29 is 8.42 Å². The van der Waals surface area contributed by atoms with Crippen molar-refractivity contribution in [3.63, 3.8) is 0 Å². The zero-order valence-corrected chi connectivity index (χ0v) is 12.0. The topological polar surface area (TPSA) is 66.6 Å². The number of rotatable bonds is 4. The van der Waals surface area contributed by atoms with Crippen LogP contribution in [0.3, 0.4) is 0 Å². The molecule has 0 radical (unpaired) electrons. The molecule has 1 aromatic rings. The van der Waals surface area contributed by atoms with Crippen molar-refractivity contribution in [1.82, 2.24) is 9.21 Å². The minimum absolute atomic E-state index is 0.0222. The average Bonchev–Trinajstić information content (AvgIpc) is 2.39. The van der Waals surface area contributed by atoms with Gasteiger partial charge in [-0.15, -0.1) is 0 Å². The van der Waals surface area contributed by atoms with Gasteiger partial charge in [0.2, 0.25) is 10.0 Å². The summed E-state index contributed by atoms with van der Waals surface area (Å²) in [7, 11) is -3.05. The first kappa shape index (κ1) is 14.5. The van der Waals surface area contributed by atoms with Crippen molar-refractivity contribution in [2.75, 3.05) is 39.0 Å². The van der Waals surface area contributed by atoms with Gasteiger partial charge >= 0.3 is 0 Å². The molecule has 0 bridgehead atoms. The Balaban J connectivity index is 1.86. The van der Waals surface area contributed by atoms with Crippen LogP contribution in [-0.4, -0.2) is 56.6 Å². The smallest absolute Gasteiger partial charge is 0.211 e. The van der Waals surface area contributed by atoms with Crippen LogP contribution < -0.4 is 5.73 Å². The highest BCUT2D eigenvalue weighted by Crippen LogP contribution is 2.13. The minimum Gasteiger partial charge on any atom is -0.323 e. The zero-order chi connectivity index (χ0) is 13.9. The van der Waals surface area contributed by atoms with E-state index >= 15 is 0 Å². The van der Waals surface area contributed by atoms with Crippen molar-refractivity contribution in [3.8, 4) is 0 Å². The molecule has 5 nitrogen and oxygen atoms in total. The lowest BCUT2D eigenvalue weighted by atomic mass is 10.1. The van der Waals surface area contributed by atoms with Crippen LogP contribution in [-0.2, 0) is 10.0 Å². The fraction of sp³-hybridized carbons (Fsp3) is 0.538. The summed E-state index contributed by atoms with van der Waals surface area (Å²) in [5, 5.41) is 0. The van der Waals surface area contributed by atoms with Crippen LogP contribution in [0.2, 0.25) is 0 Å². The first-order valence-electron chi connectivity index (χ1n) is 6.45. The van der Waals surface area contributed by atoms with E-state index in [0.717, 1.165) is 25.2 Å². The van der Waals surface area contributed by atoms with Crippen LogP contribution in [0.5, 0.6) is 0 Å². The third-order valence-electron chi connectivity index (χ3n) is 3.48. The molecule has 1 atom stereocenters. The Hall–Kier alpha value is -0.950. The van der Waals surface area contributed by atoms with E-state index in [1.807, 2.05) is 30.3 Å². The molecule has 6 heteroatoms. The second-order valence-corrected chi connectivity index (χ2v) is 6.96. The summed E-state index contributed by atoms with van der Waals surface area (Å²) >= 11 is 0. The lowest BCUT2D eigenvalue weighted by Gasteiger charge is -2.34. The van der Waals surface area contributed by atoms with E-state index in [2.05, 4.69) is 4.90 Å². The number of piperazine rings is 1. The second kappa shape index (κ2) is 6.00. The molecule has 2 N–H and O–H groups in total. The summed E-state index contributed by atoms with van der Waals surface area (Å²) < 4.78 is 24.4. The van der Waals surface area contributed by atoms with Crippen molar-refractivity contribution in [2.45, 2.75) is 6.04 Å². The molecule has 2 rings (SSSR count). The Morgan fingerprint density at radius 2 is 1.74 bits per heavy atom. The molecule has 1 saturated heterocycles. The molecule has 1 heterocycles. The van der Waals surface area contributed by atoms with Gasteiger partial charge in [0.25, 0.3) is 0 Å². The van der Waals surface area contributed by atoms with E-state index < -0.39 is 10.0 Å². The summed E-state index contributed by atoms with van der Waals surface area (Å²) in [6.45, 7) is 3.36. The zero-order valence-electron chi connectivity index (χ0n) is 11.2. The van der Waals surface area contributed by atoms with Crippen LogP contribution in [0.15, 0.2) is 30.3 Å². The summed E-state index contributed by atoms with van der Waals surface area (Å²) in [6.07, 6.45) is 1.26. The van der Waals surface area contributed by atoms with E-state index in [1.54, 1.807) is 0 Å². The summed E-state index contributed by atoms with van der Waals surface area (Å²) in [5.41, 5.74) is 7.29. The van der Waals surface area contributed by atoms with E-state index in [9.17, 15) is 8.42 Å². The molecule has 1 fully saturated rings. The van der Waals surface area contributed by atoms with Gasteiger partial charge in [-0.3, -0.25) is 4.90 Å². The summed E-state index contributed by atoms with van der Waals surface area (Å²) in [4.78, 5) is 2.22. The van der Waals surface area contributed by atoms with Crippen LogP contribution in [0.1, 0.15) is 11.6 Å². The quantitative estimate of drug-likeness (QED) is 0.861. The van der Waals surface area contributed by atoms with E-state index in [-0.39, 0.29) is 6.04 Å². The predicted molar refractivity (Wildman–Crippen MR) is 76.2 cm³/mol. The Morgan fingerprint density at radius 1 is 1.16 bits per heavy atom. The highest BCUT2D eigenvalue weighted by molar-refractivity contribution is 7.88. The lowest BCUT2D eigenvalue weighted by Crippen LogP contribution is -2.49. The van der Waals surface area contributed by atoms with Crippen LogP contribution in [0.4, 0.5) is 0 Å². The lowest BCUT2D eigenvalue weighted by molar-refractivity contribution is 0.180. The number of nitrogens with two attached hydrogens (primary N) is 1.